The lowest BCUT2D eigenvalue weighted by molar-refractivity contribution is -0.125. The molecular weight excluding hydrogens is 248 g/mol. The van der Waals surface area contributed by atoms with Crippen molar-refractivity contribution in [2.75, 3.05) is 18.0 Å². The summed E-state index contributed by atoms with van der Waals surface area (Å²) in [5.74, 6) is 0.331. The maximum absolute atomic E-state index is 11.9. The van der Waals surface area contributed by atoms with Gasteiger partial charge in [-0.3, -0.25) is 4.79 Å². The first-order valence-corrected chi connectivity index (χ1v) is 7.86. The van der Waals surface area contributed by atoms with Crippen molar-refractivity contribution in [3.8, 4) is 0 Å². The summed E-state index contributed by atoms with van der Waals surface area (Å²) in [6.45, 7) is 7.11. The molecule has 0 spiro atoms. The van der Waals surface area contributed by atoms with Gasteiger partial charge in [0.15, 0.2) is 0 Å². The van der Waals surface area contributed by atoms with Crippen LogP contribution in [0, 0.1) is 5.92 Å². The first kappa shape index (κ1) is 14.9. The van der Waals surface area contributed by atoms with E-state index in [2.05, 4.69) is 48.3 Å². The highest BCUT2D eigenvalue weighted by Gasteiger charge is 2.14. The van der Waals surface area contributed by atoms with Gasteiger partial charge in [-0.25, -0.2) is 0 Å². The van der Waals surface area contributed by atoms with Gasteiger partial charge in [0.1, 0.15) is 0 Å². The van der Waals surface area contributed by atoms with Crippen LogP contribution < -0.4 is 10.2 Å². The van der Waals surface area contributed by atoms with Gasteiger partial charge in [-0.15, -0.1) is 0 Å². The maximum atomic E-state index is 11.9. The molecule has 0 radical (unpaired) electrons. The summed E-state index contributed by atoms with van der Waals surface area (Å²) in [5.41, 5.74) is 2.48. The average Bonchev–Trinajstić information content (AvgIpc) is 3.01. The van der Waals surface area contributed by atoms with E-state index in [0.29, 0.717) is 6.54 Å². The summed E-state index contributed by atoms with van der Waals surface area (Å²) in [4.78, 5) is 14.4. The standard InChI is InChI=1S/C17H26N2O/c1-3-15(4-2)17(20)18-13-14-7-9-16(10-8-14)19-11-5-6-12-19/h7-10,15H,3-6,11-13H2,1-2H3,(H,18,20). The van der Waals surface area contributed by atoms with Crippen molar-refractivity contribution in [1.29, 1.82) is 0 Å². The normalized spacial score (nSPS) is 14.8. The second-order valence-electron chi connectivity index (χ2n) is 5.59. The zero-order valence-corrected chi connectivity index (χ0v) is 12.7. The number of rotatable bonds is 6. The fourth-order valence-corrected chi connectivity index (χ4v) is 2.79. The fraction of sp³-hybridized carbons (Fsp3) is 0.588. The molecule has 0 atom stereocenters. The summed E-state index contributed by atoms with van der Waals surface area (Å²) in [5, 5.41) is 3.04. The molecule has 1 saturated heterocycles. The third-order valence-corrected chi connectivity index (χ3v) is 4.23. The van der Waals surface area contributed by atoms with E-state index in [4.69, 9.17) is 0 Å². The smallest absolute Gasteiger partial charge is 0.223 e. The third-order valence-electron chi connectivity index (χ3n) is 4.23. The lowest BCUT2D eigenvalue weighted by Crippen LogP contribution is -2.29. The van der Waals surface area contributed by atoms with Crippen LogP contribution in [0.4, 0.5) is 5.69 Å². The molecule has 1 heterocycles. The van der Waals surface area contributed by atoms with Gasteiger partial charge in [0.25, 0.3) is 0 Å². The van der Waals surface area contributed by atoms with Gasteiger partial charge in [-0.05, 0) is 43.4 Å². The van der Waals surface area contributed by atoms with Crippen LogP contribution in [0.15, 0.2) is 24.3 Å². The van der Waals surface area contributed by atoms with E-state index in [1.54, 1.807) is 0 Å². The fourth-order valence-electron chi connectivity index (χ4n) is 2.79. The number of nitrogens with zero attached hydrogens (tertiary/aromatic N) is 1. The summed E-state index contributed by atoms with van der Waals surface area (Å²) in [6, 6.07) is 8.59. The van der Waals surface area contributed by atoms with E-state index < -0.39 is 0 Å². The second kappa shape index (κ2) is 7.32. The molecule has 0 aliphatic carbocycles. The van der Waals surface area contributed by atoms with Crippen LogP contribution in [0.5, 0.6) is 0 Å². The van der Waals surface area contributed by atoms with E-state index in [-0.39, 0.29) is 11.8 Å². The number of anilines is 1. The molecule has 3 heteroatoms. The lowest BCUT2D eigenvalue weighted by atomic mass is 10.0. The van der Waals surface area contributed by atoms with E-state index >= 15 is 0 Å². The molecule has 3 nitrogen and oxygen atoms in total. The summed E-state index contributed by atoms with van der Waals surface area (Å²) in [7, 11) is 0. The molecule has 1 aromatic carbocycles. The van der Waals surface area contributed by atoms with E-state index in [0.717, 1.165) is 12.8 Å². The number of hydrogen-bond donors (Lipinski definition) is 1. The molecule has 2 rings (SSSR count). The first-order chi connectivity index (χ1) is 9.74. The SMILES string of the molecule is CCC(CC)C(=O)NCc1ccc(N2CCCC2)cc1. The number of hydrogen-bond acceptors (Lipinski definition) is 2. The summed E-state index contributed by atoms with van der Waals surface area (Å²) >= 11 is 0. The highest BCUT2D eigenvalue weighted by atomic mass is 16.1. The van der Waals surface area contributed by atoms with Crippen molar-refractivity contribution in [1.82, 2.24) is 5.32 Å². The minimum absolute atomic E-state index is 0.152. The first-order valence-electron chi connectivity index (χ1n) is 7.86. The van der Waals surface area contributed by atoms with Crippen molar-refractivity contribution in [2.24, 2.45) is 5.92 Å². The molecule has 1 amide bonds. The molecule has 20 heavy (non-hydrogen) atoms. The van der Waals surface area contributed by atoms with Crippen molar-refractivity contribution >= 4 is 11.6 Å². The molecule has 1 aromatic rings. The Morgan fingerprint density at radius 1 is 1.15 bits per heavy atom. The molecule has 1 fully saturated rings. The van der Waals surface area contributed by atoms with Gasteiger partial charge in [-0.2, -0.15) is 0 Å². The summed E-state index contributed by atoms with van der Waals surface area (Å²) < 4.78 is 0. The molecule has 0 saturated carbocycles. The van der Waals surface area contributed by atoms with Gasteiger partial charge >= 0.3 is 0 Å². The average molecular weight is 274 g/mol. The number of nitrogens with one attached hydrogen (secondary N) is 1. The number of carbonyl (C=O) groups excluding carboxylic acids is 1. The number of carbonyl (C=O) groups is 1. The Morgan fingerprint density at radius 2 is 1.75 bits per heavy atom. The Balaban J connectivity index is 1.86. The molecule has 0 aromatic heterocycles. The zero-order chi connectivity index (χ0) is 14.4. The van der Waals surface area contributed by atoms with Crippen LogP contribution in [0.1, 0.15) is 45.1 Å². The van der Waals surface area contributed by atoms with Crippen LogP contribution >= 0.6 is 0 Å². The van der Waals surface area contributed by atoms with E-state index in [1.807, 2.05) is 0 Å². The van der Waals surface area contributed by atoms with Crippen LogP contribution in [-0.4, -0.2) is 19.0 Å². The molecule has 110 valence electrons. The largest absolute Gasteiger partial charge is 0.372 e. The van der Waals surface area contributed by atoms with E-state index in [9.17, 15) is 4.79 Å². The van der Waals surface area contributed by atoms with Gasteiger partial charge in [-0.1, -0.05) is 26.0 Å². The Labute approximate surface area is 122 Å². The number of benzene rings is 1. The molecule has 0 bridgehead atoms. The van der Waals surface area contributed by atoms with E-state index in [1.165, 1.54) is 37.2 Å². The molecule has 1 aliphatic heterocycles. The van der Waals surface area contributed by atoms with Gasteiger partial charge in [0.2, 0.25) is 5.91 Å². The second-order valence-corrected chi connectivity index (χ2v) is 5.59. The van der Waals surface area contributed by atoms with Crippen molar-refractivity contribution in [2.45, 2.75) is 46.1 Å². The predicted molar refractivity (Wildman–Crippen MR) is 83.8 cm³/mol. The van der Waals surface area contributed by atoms with Crippen molar-refractivity contribution in [3.63, 3.8) is 0 Å². The van der Waals surface area contributed by atoms with Crippen molar-refractivity contribution in [3.05, 3.63) is 29.8 Å². The van der Waals surface area contributed by atoms with Crippen LogP contribution in [-0.2, 0) is 11.3 Å². The Kier molecular flexibility index (Phi) is 5.45. The minimum Gasteiger partial charge on any atom is -0.372 e. The molecule has 1 aliphatic rings. The predicted octanol–water partition coefficient (Wildman–Crippen LogP) is 3.34. The Bertz CT molecular complexity index is 417. The minimum atomic E-state index is 0.152. The topological polar surface area (TPSA) is 32.3 Å². The van der Waals surface area contributed by atoms with Gasteiger partial charge < -0.3 is 10.2 Å². The Morgan fingerprint density at radius 3 is 2.30 bits per heavy atom. The molecular formula is C17H26N2O. The highest BCUT2D eigenvalue weighted by molar-refractivity contribution is 5.78. The van der Waals surface area contributed by atoms with Crippen LogP contribution in [0.25, 0.3) is 0 Å². The van der Waals surface area contributed by atoms with Gasteiger partial charge in [0, 0.05) is 31.2 Å². The van der Waals surface area contributed by atoms with Crippen LogP contribution in [0.3, 0.4) is 0 Å². The zero-order valence-electron chi connectivity index (χ0n) is 12.7. The van der Waals surface area contributed by atoms with Gasteiger partial charge in [0.05, 0.1) is 0 Å². The lowest BCUT2D eigenvalue weighted by Gasteiger charge is -2.18. The molecule has 0 unspecified atom stereocenters. The summed E-state index contributed by atoms with van der Waals surface area (Å²) in [6.07, 6.45) is 4.42. The molecule has 1 N–H and O–H groups in total. The monoisotopic (exact) mass is 274 g/mol. The van der Waals surface area contributed by atoms with Crippen molar-refractivity contribution < 1.29 is 4.79 Å². The highest BCUT2D eigenvalue weighted by Crippen LogP contribution is 2.20. The quantitative estimate of drug-likeness (QED) is 0.863. The third kappa shape index (κ3) is 3.75. The maximum Gasteiger partial charge on any atom is 0.223 e. The Hall–Kier alpha value is -1.51. The number of amides is 1. The van der Waals surface area contributed by atoms with Crippen LogP contribution in [0.2, 0.25) is 0 Å².